The molecular formula is C16H18N2OS. The van der Waals surface area contributed by atoms with Gasteiger partial charge in [-0.1, -0.05) is 30.3 Å². The smallest absolute Gasteiger partial charge is 0.223 e. The number of carbonyl (C=O) groups excluding carboxylic acids is 1. The molecule has 1 saturated carbocycles. The van der Waals surface area contributed by atoms with Gasteiger partial charge in [0.25, 0.3) is 0 Å². The summed E-state index contributed by atoms with van der Waals surface area (Å²) in [5, 5.41) is 4.08. The van der Waals surface area contributed by atoms with Gasteiger partial charge in [0.05, 0.1) is 5.01 Å². The zero-order chi connectivity index (χ0) is 13.8. The van der Waals surface area contributed by atoms with Gasteiger partial charge in [-0.15, -0.1) is 11.3 Å². The van der Waals surface area contributed by atoms with Crippen molar-refractivity contribution < 1.29 is 4.79 Å². The summed E-state index contributed by atoms with van der Waals surface area (Å²) >= 11 is 1.74. The summed E-state index contributed by atoms with van der Waals surface area (Å²) in [6.07, 6.45) is 5.84. The van der Waals surface area contributed by atoms with Crippen LogP contribution in [0.3, 0.4) is 0 Å². The van der Waals surface area contributed by atoms with Crippen molar-refractivity contribution in [2.45, 2.75) is 25.7 Å². The molecule has 104 valence electrons. The molecule has 20 heavy (non-hydrogen) atoms. The molecule has 3 nitrogen and oxygen atoms in total. The Morgan fingerprint density at radius 2 is 2.10 bits per heavy atom. The summed E-state index contributed by atoms with van der Waals surface area (Å²) in [5.74, 6) is 0.506. The fraction of sp³-hybridized carbons (Fsp3) is 0.375. The van der Waals surface area contributed by atoms with Crippen LogP contribution in [0.15, 0.2) is 36.5 Å². The standard InChI is InChI=1S/C16H18N2OS/c19-16(13-6-7-13)17-9-8-15-18-11-14(20-15)10-12-4-2-1-3-5-12/h1-5,11,13H,6-10H2,(H,17,19). The molecule has 1 amide bonds. The summed E-state index contributed by atoms with van der Waals surface area (Å²) in [6, 6.07) is 10.4. The number of nitrogens with one attached hydrogen (secondary N) is 1. The second-order valence-electron chi connectivity index (χ2n) is 5.20. The summed E-state index contributed by atoms with van der Waals surface area (Å²) < 4.78 is 0. The third-order valence-electron chi connectivity index (χ3n) is 3.41. The number of carbonyl (C=O) groups is 1. The molecule has 0 spiro atoms. The zero-order valence-electron chi connectivity index (χ0n) is 11.3. The lowest BCUT2D eigenvalue weighted by atomic mass is 10.1. The van der Waals surface area contributed by atoms with E-state index in [0.29, 0.717) is 12.5 Å². The van der Waals surface area contributed by atoms with E-state index in [-0.39, 0.29) is 5.91 Å². The van der Waals surface area contributed by atoms with Gasteiger partial charge in [-0.3, -0.25) is 4.79 Å². The number of benzene rings is 1. The molecule has 1 aromatic carbocycles. The summed E-state index contributed by atoms with van der Waals surface area (Å²) in [6.45, 7) is 0.702. The van der Waals surface area contributed by atoms with Crippen molar-refractivity contribution in [3.8, 4) is 0 Å². The molecule has 0 saturated heterocycles. The highest BCUT2D eigenvalue weighted by molar-refractivity contribution is 7.11. The van der Waals surface area contributed by atoms with E-state index in [0.717, 1.165) is 30.7 Å². The molecule has 1 fully saturated rings. The number of rotatable bonds is 6. The summed E-state index contributed by atoms with van der Waals surface area (Å²) in [7, 11) is 0. The fourth-order valence-electron chi connectivity index (χ4n) is 2.12. The molecule has 1 aliphatic rings. The Labute approximate surface area is 123 Å². The summed E-state index contributed by atoms with van der Waals surface area (Å²) in [4.78, 5) is 17.2. The SMILES string of the molecule is O=C(NCCc1ncc(Cc2ccccc2)s1)C1CC1. The van der Waals surface area contributed by atoms with Crippen molar-refractivity contribution in [1.82, 2.24) is 10.3 Å². The largest absolute Gasteiger partial charge is 0.355 e. The van der Waals surface area contributed by atoms with Gasteiger partial charge in [0.15, 0.2) is 0 Å². The van der Waals surface area contributed by atoms with Crippen LogP contribution in [0.25, 0.3) is 0 Å². The van der Waals surface area contributed by atoms with Crippen LogP contribution in [0.4, 0.5) is 0 Å². The van der Waals surface area contributed by atoms with Crippen LogP contribution in [0, 0.1) is 5.92 Å². The highest BCUT2D eigenvalue weighted by atomic mass is 32.1. The van der Waals surface area contributed by atoms with E-state index in [1.807, 2.05) is 12.3 Å². The van der Waals surface area contributed by atoms with Crippen molar-refractivity contribution in [3.63, 3.8) is 0 Å². The maximum atomic E-state index is 11.5. The van der Waals surface area contributed by atoms with Gasteiger partial charge < -0.3 is 5.32 Å². The average molecular weight is 286 g/mol. The Morgan fingerprint density at radius 3 is 2.85 bits per heavy atom. The van der Waals surface area contributed by atoms with Gasteiger partial charge in [0.2, 0.25) is 5.91 Å². The monoisotopic (exact) mass is 286 g/mol. The Hall–Kier alpha value is -1.68. The molecular weight excluding hydrogens is 268 g/mol. The van der Waals surface area contributed by atoms with Gasteiger partial charge in [-0.05, 0) is 18.4 Å². The molecule has 1 heterocycles. The van der Waals surface area contributed by atoms with Crippen LogP contribution in [0.5, 0.6) is 0 Å². The van der Waals surface area contributed by atoms with Crippen molar-refractivity contribution in [2.75, 3.05) is 6.54 Å². The average Bonchev–Trinajstić information content (AvgIpc) is 3.23. The third-order valence-corrected chi connectivity index (χ3v) is 4.47. The van der Waals surface area contributed by atoms with Crippen molar-refractivity contribution in [3.05, 3.63) is 52.0 Å². The molecule has 1 N–H and O–H groups in total. The number of thiazole rings is 1. The van der Waals surface area contributed by atoms with Gasteiger partial charge in [-0.25, -0.2) is 4.98 Å². The first kappa shape index (κ1) is 13.3. The minimum atomic E-state index is 0.214. The zero-order valence-corrected chi connectivity index (χ0v) is 12.2. The third kappa shape index (κ3) is 3.67. The molecule has 1 aromatic heterocycles. The molecule has 0 atom stereocenters. The minimum absolute atomic E-state index is 0.214. The maximum absolute atomic E-state index is 11.5. The Balaban J connectivity index is 1.47. The quantitative estimate of drug-likeness (QED) is 0.887. The first-order valence-corrected chi connectivity index (χ1v) is 7.88. The lowest BCUT2D eigenvalue weighted by molar-refractivity contribution is -0.122. The minimum Gasteiger partial charge on any atom is -0.355 e. The number of nitrogens with zero attached hydrogens (tertiary/aromatic N) is 1. The molecule has 2 aromatic rings. The van der Waals surface area contributed by atoms with Gasteiger partial charge in [-0.2, -0.15) is 0 Å². The molecule has 0 radical (unpaired) electrons. The Morgan fingerprint density at radius 1 is 1.30 bits per heavy atom. The van der Waals surface area contributed by atoms with Gasteiger partial charge >= 0.3 is 0 Å². The van der Waals surface area contributed by atoms with Gasteiger partial charge in [0, 0.05) is 36.4 Å². The molecule has 0 aliphatic heterocycles. The van der Waals surface area contributed by atoms with Crippen molar-refractivity contribution in [1.29, 1.82) is 0 Å². The number of hydrogen-bond donors (Lipinski definition) is 1. The number of aromatic nitrogens is 1. The van der Waals surface area contributed by atoms with Crippen LogP contribution < -0.4 is 5.32 Å². The van der Waals surface area contributed by atoms with E-state index in [1.165, 1.54) is 10.4 Å². The highest BCUT2D eigenvalue weighted by Gasteiger charge is 2.29. The van der Waals surface area contributed by atoms with E-state index in [1.54, 1.807) is 11.3 Å². The predicted molar refractivity (Wildman–Crippen MR) is 80.8 cm³/mol. The van der Waals surface area contributed by atoms with E-state index < -0.39 is 0 Å². The topological polar surface area (TPSA) is 42.0 Å². The van der Waals surface area contributed by atoms with Crippen molar-refractivity contribution in [2.24, 2.45) is 5.92 Å². The van der Waals surface area contributed by atoms with Crippen LogP contribution in [0.1, 0.15) is 28.3 Å². The molecule has 4 heteroatoms. The van der Waals surface area contributed by atoms with E-state index in [4.69, 9.17) is 0 Å². The van der Waals surface area contributed by atoms with Crippen molar-refractivity contribution >= 4 is 17.2 Å². The van der Waals surface area contributed by atoms with Gasteiger partial charge in [0.1, 0.15) is 0 Å². The summed E-state index contributed by atoms with van der Waals surface area (Å²) in [5.41, 5.74) is 1.31. The van der Waals surface area contributed by atoms with Crippen LogP contribution >= 0.6 is 11.3 Å². The molecule has 0 unspecified atom stereocenters. The number of hydrogen-bond acceptors (Lipinski definition) is 3. The predicted octanol–water partition coefficient (Wildman–Crippen LogP) is 2.80. The van der Waals surface area contributed by atoms with Crippen LogP contribution in [-0.4, -0.2) is 17.4 Å². The maximum Gasteiger partial charge on any atom is 0.223 e. The molecule has 1 aliphatic carbocycles. The van der Waals surface area contributed by atoms with Crippen LogP contribution in [0.2, 0.25) is 0 Å². The normalized spacial score (nSPS) is 14.2. The Bertz CT molecular complexity index is 575. The first-order valence-electron chi connectivity index (χ1n) is 7.06. The van der Waals surface area contributed by atoms with E-state index >= 15 is 0 Å². The van der Waals surface area contributed by atoms with E-state index in [9.17, 15) is 4.79 Å². The highest BCUT2D eigenvalue weighted by Crippen LogP contribution is 2.28. The molecule has 0 bridgehead atoms. The lowest BCUT2D eigenvalue weighted by Gasteiger charge is -2.01. The van der Waals surface area contributed by atoms with Crippen LogP contribution in [-0.2, 0) is 17.6 Å². The Kier molecular flexibility index (Phi) is 4.11. The lowest BCUT2D eigenvalue weighted by Crippen LogP contribution is -2.26. The second kappa shape index (κ2) is 6.18. The number of amides is 1. The van der Waals surface area contributed by atoms with E-state index in [2.05, 4.69) is 34.6 Å². The fourth-order valence-corrected chi connectivity index (χ4v) is 3.08. The first-order chi connectivity index (χ1) is 9.81. The molecule has 3 rings (SSSR count). The second-order valence-corrected chi connectivity index (χ2v) is 6.40.